The van der Waals surface area contributed by atoms with Gasteiger partial charge in [-0.3, -0.25) is 4.99 Å². The summed E-state index contributed by atoms with van der Waals surface area (Å²) in [5, 5.41) is 8.72. The molecule has 3 rings (SSSR count). The van der Waals surface area contributed by atoms with E-state index < -0.39 is 10.0 Å². The third kappa shape index (κ3) is 6.40. The number of thiophene rings is 1. The number of halogens is 1. The number of sulfonamides is 1. The van der Waals surface area contributed by atoms with E-state index in [0.29, 0.717) is 30.4 Å². The summed E-state index contributed by atoms with van der Waals surface area (Å²) in [5.41, 5.74) is 1.01. The minimum absolute atomic E-state index is 0. The first-order chi connectivity index (χ1) is 13.5. The molecule has 0 spiro atoms. The molecule has 0 amide bonds. The molecule has 1 fully saturated rings. The topological polar surface area (TPSA) is 73.8 Å². The van der Waals surface area contributed by atoms with E-state index in [9.17, 15) is 8.42 Å². The molecule has 0 aliphatic carbocycles. The maximum Gasteiger partial charge on any atom is 0.243 e. The third-order valence-corrected chi connectivity index (χ3v) is 7.93. The van der Waals surface area contributed by atoms with Crippen LogP contribution in [0.15, 0.2) is 51.7 Å². The lowest BCUT2D eigenvalue weighted by Crippen LogP contribution is -2.38. The van der Waals surface area contributed by atoms with Crippen LogP contribution in [0, 0.1) is 0 Å². The predicted octanol–water partition coefficient (Wildman–Crippen LogP) is 3.62. The molecule has 160 valence electrons. The number of hydrogen-bond donors (Lipinski definition) is 2. The maximum absolute atomic E-state index is 12.6. The highest BCUT2D eigenvalue weighted by Crippen LogP contribution is 2.21. The Kier molecular flexibility index (Phi) is 9.38. The van der Waals surface area contributed by atoms with Crippen LogP contribution in [-0.4, -0.2) is 45.4 Å². The molecule has 1 saturated heterocycles. The lowest BCUT2D eigenvalue weighted by molar-refractivity contribution is 0.477. The molecule has 2 aromatic rings. The molecule has 29 heavy (non-hydrogen) atoms. The van der Waals surface area contributed by atoms with Crippen LogP contribution in [0.25, 0.3) is 0 Å². The zero-order valence-corrected chi connectivity index (χ0v) is 20.8. The highest BCUT2D eigenvalue weighted by Gasteiger charge is 2.26. The fraction of sp³-hybridized carbons (Fsp3) is 0.450. The molecular formula is C20H29IN4O2S2. The van der Waals surface area contributed by atoms with Crippen LogP contribution >= 0.6 is 35.3 Å². The van der Waals surface area contributed by atoms with Crippen molar-refractivity contribution in [1.82, 2.24) is 14.9 Å². The Labute approximate surface area is 194 Å². The highest BCUT2D eigenvalue weighted by atomic mass is 127. The summed E-state index contributed by atoms with van der Waals surface area (Å²) in [7, 11) is -1.61. The summed E-state index contributed by atoms with van der Waals surface area (Å²) in [6, 6.07) is 11.3. The first-order valence-electron chi connectivity index (χ1n) is 9.57. The Morgan fingerprint density at radius 1 is 1.17 bits per heavy atom. The van der Waals surface area contributed by atoms with Gasteiger partial charge in [0.05, 0.1) is 4.90 Å². The zero-order valence-electron chi connectivity index (χ0n) is 16.8. The average Bonchev–Trinajstić information content (AvgIpc) is 3.42. The highest BCUT2D eigenvalue weighted by molar-refractivity contribution is 14.0. The van der Waals surface area contributed by atoms with E-state index in [0.717, 1.165) is 30.9 Å². The summed E-state index contributed by atoms with van der Waals surface area (Å²) in [6.45, 7) is 4.81. The molecule has 0 bridgehead atoms. The summed E-state index contributed by atoms with van der Waals surface area (Å²) < 4.78 is 26.7. The van der Waals surface area contributed by atoms with Gasteiger partial charge in [0.2, 0.25) is 10.0 Å². The minimum atomic E-state index is -3.35. The van der Waals surface area contributed by atoms with Crippen LogP contribution < -0.4 is 10.6 Å². The molecule has 1 atom stereocenters. The molecular weight excluding hydrogens is 519 g/mol. The molecule has 2 N–H and O–H groups in total. The molecule has 9 heteroatoms. The van der Waals surface area contributed by atoms with Crippen LogP contribution in [-0.2, 0) is 16.6 Å². The molecule has 1 aliphatic heterocycles. The minimum Gasteiger partial charge on any atom is -0.356 e. The quantitative estimate of drug-likeness (QED) is 0.315. The number of nitrogens with zero attached hydrogens (tertiary/aromatic N) is 2. The number of guanidine groups is 1. The predicted molar refractivity (Wildman–Crippen MR) is 131 cm³/mol. The molecule has 0 saturated carbocycles. The standard InChI is InChI=1S/C20H28N4O2S2.HI/c1-16(19-6-5-13-27-19)14-22-20(21-2)23-15-17-7-9-18(10-8-17)28(25,26)24-11-3-4-12-24;/h5-10,13,16H,3-4,11-12,14-15H2,1-2H3,(H2,21,22,23);1H. The van der Waals surface area contributed by atoms with Gasteiger partial charge in [-0.25, -0.2) is 8.42 Å². The van der Waals surface area contributed by atoms with Crippen LogP contribution in [0.1, 0.15) is 36.1 Å². The molecule has 1 aliphatic rings. The first kappa shape index (κ1) is 24.1. The van der Waals surface area contributed by atoms with Crippen molar-refractivity contribution in [2.45, 2.75) is 37.1 Å². The number of benzene rings is 1. The second-order valence-corrected chi connectivity index (χ2v) is 9.90. The van der Waals surface area contributed by atoms with Crippen LogP contribution in [0.4, 0.5) is 0 Å². The Morgan fingerprint density at radius 2 is 1.86 bits per heavy atom. The van der Waals surface area contributed by atoms with Gasteiger partial charge < -0.3 is 10.6 Å². The zero-order chi connectivity index (χ0) is 20.0. The average molecular weight is 549 g/mol. The van der Waals surface area contributed by atoms with Crippen molar-refractivity contribution in [3.8, 4) is 0 Å². The monoisotopic (exact) mass is 548 g/mol. The molecule has 1 aromatic carbocycles. The summed E-state index contributed by atoms with van der Waals surface area (Å²) >= 11 is 1.76. The number of aliphatic imine (C=N–C) groups is 1. The van der Waals surface area contributed by atoms with E-state index in [2.05, 4.69) is 40.1 Å². The second-order valence-electron chi connectivity index (χ2n) is 6.98. The van der Waals surface area contributed by atoms with Gasteiger partial charge >= 0.3 is 0 Å². The van der Waals surface area contributed by atoms with Crippen molar-refractivity contribution in [3.63, 3.8) is 0 Å². The second kappa shape index (κ2) is 11.3. The van der Waals surface area contributed by atoms with Gasteiger partial charge in [-0.05, 0) is 42.0 Å². The Bertz CT molecular complexity index is 878. The summed E-state index contributed by atoms with van der Waals surface area (Å²) in [5.74, 6) is 1.14. The fourth-order valence-corrected chi connectivity index (χ4v) is 5.49. The third-order valence-electron chi connectivity index (χ3n) is 4.91. The number of rotatable bonds is 7. The molecule has 6 nitrogen and oxygen atoms in total. The molecule has 1 aromatic heterocycles. The van der Waals surface area contributed by atoms with E-state index in [-0.39, 0.29) is 24.0 Å². The molecule has 2 heterocycles. The van der Waals surface area contributed by atoms with Crippen molar-refractivity contribution in [3.05, 3.63) is 52.2 Å². The van der Waals surface area contributed by atoms with Gasteiger partial charge in [-0.2, -0.15) is 4.31 Å². The lowest BCUT2D eigenvalue weighted by atomic mass is 10.1. The maximum atomic E-state index is 12.6. The van der Waals surface area contributed by atoms with Gasteiger partial charge in [0.25, 0.3) is 0 Å². The lowest BCUT2D eigenvalue weighted by Gasteiger charge is -2.16. The molecule has 0 radical (unpaired) electrons. The van der Waals surface area contributed by atoms with Gasteiger partial charge in [0, 0.05) is 44.0 Å². The summed E-state index contributed by atoms with van der Waals surface area (Å²) in [4.78, 5) is 5.97. The Hall–Kier alpha value is -1.17. The SMILES string of the molecule is CN=C(NCc1ccc(S(=O)(=O)N2CCCC2)cc1)NCC(C)c1cccs1.I. The Balaban J connectivity index is 0.00000300. The van der Waals surface area contributed by atoms with Gasteiger partial charge in [-0.1, -0.05) is 25.1 Å². The first-order valence-corrected chi connectivity index (χ1v) is 11.9. The van der Waals surface area contributed by atoms with E-state index >= 15 is 0 Å². The van der Waals surface area contributed by atoms with Crippen LogP contribution in [0.5, 0.6) is 0 Å². The van der Waals surface area contributed by atoms with E-state index in [4.69, 9.17) is 0 Å². The van der Waals surface area contributed by atoms with Crippen molar-refractivity contribution in [2.75, 3.05) is 26.7 Å². The largest absolute Gasteiger partial charge is 0.356 e. The fourth-order valence-electron chi connectivity index (χ4n) is 3.19. The smallest absolute Gasteiger partial charge is 0.243 e. The van der Waals surface area contributed by atoms with E-state index in [1.54, 1.807) is 34.8 Å². The van der Waals surface area contributed by atoms with Crippen LogP contribution in [0.2, 0.25) is 0 Å². The van der Waals surface area contributed by atoms with Gasteiger partial charge in [0.1, 0.15) is 0 Å². The number of hydrogen-bond acceptors (Lipinski definition) is 4. The molecule has 1 unspecified atom stereocenters. The van der Waals surface area contributed by atoms with Crippen molar-refractivity contribution >= 4 is 51.3 Å². The van der Waals surface area contributed by atoms with Gasteiger partial charge in [0.15, 0.2) is 5.96 Å². The Morgan fingerprint density at radius 3 is 2.45 bits per heavy atom. The summed E-state index contributed by atoms with van der Waals surface area (Å²) in [6.07, 6.45) is 1.89. The van der Waals surface area contributed by atoms with Crippen molar-refractivity contribution < 1.29 is 8.42 Å². The van der Waals surface area contributed by atoms with Crippen LogP contribution in [0.3, 0.4) is 0 Å². The van der Waals surface area contributed by atoms with E-state index in [1.807, 2.05) is 12.1 Å². The van der Waals surface area contributed by atoms with Crippen molar-refractivity contribution in [1.29, 1.82) is 0 Å². The number of nitrogens with one attached hydrogen (secondary N) is 2. The van der Waals surface area contributed by atoms with Gasteiger partial charge in [-0.15, -0.1) is 35.3 Å². The van der Waals surface area contributed by atoms with Crippen molar-refractivity contribution in [2.24, 2.45) is 4.99 Å². The normalized spacial score (nSPS) is 16.3. The van der Waals surface area contributed by atoms with E-state index in [1.165, 1.54) is 4.88 Å².